The smallest absolute Gasteiger partial charge is 0.236 e. The van der Waals surface area contributed by atoms with Crippen LogP contribution in [0.4, 0.5) is 0 Å². The van der Waals surface area contributed by atoms with E-state index in [2.05, 4.69) is 10.2 Å². The second kappa shape index (κ2) is 7.72. The maximum Gasteiger partial charge on any atom is 0.236 e. The van der Waals surface area contributed by atoms with Crippen molar-refractivity contribution in [2.75, 3.05) is 52.9 Å². The molecule has 3 aliphatic rings. The standard InChI is InChI=1S/C18H30N4O3/c1-19-15(23)5-2-6-16(24)22-13-18(14-22)7-3-8-20(12-18)11-17(25)21-9-4-10-21/h2-14H2,1H3,(H,19,23). The maximum atomic E-state index is 12.2. The summed E-state index contributed by atoms with van der Waals surface area (Å²) >= 11 is 0. The molecular formula is C18H30N4O3. The van der Waals surface area contributed by atoms with Crippen LogP contribution in [0.3, 0.4) is 0 Å². The summed E-state index contributed by atoms with van der Waals surface area (Å²) in [6, 6.07) is 0. The number of nitrogens with zero attached hydrogens (tertiary/aromatic N) is 3. The number of piperidine rings is 1. The lowest BCUT2D eigenvalue weighted by atomic mass is 9.73. The fraction of sp³-hybridized carbons (Fsp3) is 0.833. The van der Waals surface area contributed by atoms with Crippen LogP contribution in [0.25, 0.3) is 0 Å². The van der Waals surface area contributed by atoms with Gasteiger partial charge in [0.2, 0.25) is 17.7 Å². The van der Waals surface area contributed by atoms with Crippen LogP contribution in [0.15, 0.2) is 0 Å². The summed E-state index contributed by atoms with van der Waals surface area (Å²) in [7, 11) is 1.62. The van der Waals surface area contributed by atoms with Gasteiger partial charge in [0.1, 0.15) is 0 Å². The molecule has 0 unspecified atom stereocenters. The average Bonchev–Trinajstić information content (AvgIpc) is 2.50. The maximum absolute atomic E-state index is 12.2. The van der Waals surface area contributed by atoms with Gasteiger partial charge in [0.05, 0.1) is 6.54 Å². The second-order valence-corrected chi connectivity index (χ2v) is 7.83. The van der Waals surface area contributed by atoms with Gasteiger partial charge in [-0.2, -0.15) is 0 Å². The Morgan fingerprint density at radius 3 is 2.32 bits per heavy atom. The van der Waals surface area contributed by atoms with E-state index < -0.39 is 0 Å². The van der Waals surface area contributed by atoms with Crippen LogP contribution in [-0.4, -0.2) is 85.3 Å². The molecule has 3 aliphatic heterocycles. The molecule has 3 heterocycles. The zero-order chi connectivity index (χ0) is 17.9. The molecule has 3 saturated heterocycles. The van der Waals surface area contributed by atoms with Crippen LogP contribution in [0.1, 0.15) is 38.5 Å². The van der Waals surface area contributed by atoms with Gasteiger partial charge in [-0.3, -0.25) is 19.3 Å². The van der Waals surface area contributed by atoms with Gasteiger partial charge in [-0.05, 0) is 32.2 Å². The summed E-state index contributed by atoms with van der Waals surface area (Å²) in [5.41, 5.74) is 0.184. The summed E-state index contributed by atoms with van der Waals surface area (Å²) in [5, 5.41) is 2.58. The lowest BCUT2D eigenvalue weighted by Gasteiger charge is -2.54. The van der Waals surface area contributed by atoms with Crippen molar-refractivity contribution >= 4 is 17.7 Å². The Bertz CT molecular complexity index is 526. The van der Waals surface area contributed by atoms with Gasteiger partial charge >= 0.3 is 0 Å². The zero-order valence-corrected chi connectivity index (χ0v) is 15.3. The molecule has 3 amide bonds. The van der Waals surface area contributed by atoms with Crippen molar-refractivity contribution in [2.24, 2.45) is 5.41 Å². The van der Waals surface area contributed by atoms with E-state index >= 15 is 0 Å². The number of amides is 3. The number of carbonyl (C=O) groups excluding carboxylic acids is 3. The largest absolute Gasteiger partial charge is 0.359 e. The lowest BCUT2D eigenvalue weighted by Crippen LogP contribution is -2.64. The third-order valence-corrected chi connectivity index (χ3v) is 5.79. The highest BCUT2D eigenvalue weighted by Gasteiger charge is 2.47. The van der Waals surface area contributed by atoms with Crippen LogP contribution in [0.5, 0.6) is 0 Å². The molecule has 0 aromatic carbocycles. The topological polar surface area (TPSA) is 73.0 Å². The minimum atomic E-state index is -0.0114. The van der Waals surface area contributed by atoms with E-state index in [1.165, 1.54) is 0 Å². The molecular weight excluding hydrogens is 320 g/mol. The Kier molecular flexibility index (Phi) is 5.61. The van der Waals surface area contributed by atoms with Gasteiger partial charge in [0.15, 0.2) is 0 Å². The minimum absolute atomic E-state index is 0.0114. The average molecular weight is 350 g/mol. The van der Waals surface area contributed by atoms with Gasteiger partial charge in [-0.25, -0.2) is 0 Å². The van der Waals surface area contributed by atoms with E-state index in [-0.39, 0.29) is 23.1 Å². The molecule has 0 aromatic heterocycles. The van der Waals surface area contributed by atoms with Crippen LogP contribution >= 0.6 is 0 Å². The number of hydrogen-bond donors (Lipinski definition) is 1. The van der Waals surface area contributed by atoms with E-state index in [0.29, 0.717) is 25.8 Å². The van der Waals surface area contributed by atoms with Crippen molar-refractivity contribution < 1.29 is 14.4 Å². The molecule has 7 nitrogen and oxygen atoms in total. The third kappa shape index (κ3) is 4.32. The molecule has 1 spiro atoms. The molecule has 7 heteroatoms. The Morgan fingerprint density at radius 2 is 1.68 bits per heavy atom. The SMILES string of the molecule is CNC(=O)CCCC(=O)N1CC2(CCCN(CC(=O)N3CCC3)C2)C1. The van der Waals surface area contributed by atoms with E-state index in [1.807, 2.05) is 9.80 Å². The molecule has 0 atom stereocenters. The molecule has 0 radical (unpaired) electrons. The highest BCUT2D eigenvalue weighted by molar-refractivity contribution is 5.80. The predicted octanol–water partition coefficient (Wildman–Crippen LogP) is 0.0594. The first-order valence-corrected chi connectivity index (χ1v) is 9.50. The molecule has 0 bridgehead atoms. The van der Waals surface area contributed by atoms with E-state index in [4.69, 9.17) is 0 Å². The first kappa shape index (κ1) is 18.2. The normalized spacial score (nSPS) is 22.3. The molecule has 3 rings (SSSR count). The van der Waals surface area contributed by atoms with Gasteiger partial charge in [-0.1, -0.05) is 0 Å². The van der Waals surface area contributed by atoms with E-state index in [9.17, 15) is 14.4 Å². The number of hydrogen-bond acceptors (Lipinski definition) is 4. The van der Waals surface area contributed by atoms with Gasteiger partial charge < -0.3 is 15.1 Å². The number of likely N-dealkylation sites (tertiary alicyclic amines) is 3. The van der Waals surface area contributed by atoms with Crippen molar-refractivity contribution in [3.05, 3.63) is 0 Å². The second-order valence-electron chi connectivity index (χ2n) is 7.83. The number of nitrogens with one attached hydrogen (secondary N) is 1. The van der Waals surface area contributed by atoms with E-state index in [0.717, 1.165) is 58.5 Å². The van der Waals surface area contributed by atoms with Gasteiger partial charge in [-0.15, -0.1) is 0 Å². The van der Waals surface area contributed by atoms with Crippen molar-refractivity contribution in [3.8, 4) is 0 Å². The molecule has 140 valence electrons. The Morgan fingerprint density at radius 1 is 0.920 bits per heavy atom. The van der Waals surface area contributed by atoms with Gasteiger partial charge in [0.25, 0.3) is 0 Å². The Hall–Kier alpha value is -1.63. The minimum Gasteiger partial charge on any atom is -0.359 e. The third-order valence-electron chi connectivity index (χ3n) is 5.79. The summed E-state index contributed by atoms with van der Waals surface area (Å²) < 4.78 is 0. The summed E-state index contributed by atoms with van der Waals surface area (Å²) in [5.74, 6) is 0.399. The number of rotatable bonds is 6. The molecule has 0 aliphatic carbocycles. The van der Waals surface area contributed by atoms with Crippen molar-refractivity contribution in [3.63, 3.8) is 0 Å². The fourth-order valence-corrected chi connectivity index (χ4v) is 4.18. The summed E-state index contributed by atoms with van der Waals surface area (Å²) in [6.07, 6.45) is 4.84. The summed E-state index contributed by atoms with van der Waals surface area (Å²) in [4.78, 5) is 41.8. The predicted molar refractivity (Wildman–Crippen MR) is 93.8 cm³/mol. The molecule has 0 aromatic rings. The first-order chi connectivity index (χ1) is 12.0. The van der Waals surface area contributed by atoms with Crippen molar-refractivity contribution in [1.82, 2.24) is 20.0 Å². The van der Waals surface area contributed by atoms with Gasteiger partial charge in [0, 0.05) is 58.0 Å². The molecule has 0 saturated carbocycles. The van der Waals surface area contributed by atoms with E-state index in [1.54, 1.807) is 7.05 Å². The number of carbonyl (C=O) groups is 3. The van der Waals surface area contributed by atoms with Crippen molar-refractivity contribution in [1.29, 1.82) is 0 Å². The van der Waals surface area contributed by atoms with Crippen molar-refractivity contribution in [2.45, 2.75) is 38.5 Å². The monoisotopic (exact) mass is 350 g/mol. The molecule has 25 heavy (non-hydrogen) atoms. The first-order valence-electron chi connectivity index (χ1n) is 9.50. The van der Waals surface area contributed by atoms with Crippen LogP contribution in [-0.2, 0) is 14.4 Å². The highest BCUT2D eigenvalue weighted by atomic mass is 16.2. The zero-order valence-electron chi connectivity index (χ0n) is 15.3. The fourth-order valence-electron chi connectivity index (χ4n) is 4.18. The van der Waals surface area contributed by atoms with Crippen LogP contribution < -0.4 is 5.32 Å². The molecule has 3 fully saturated rings. The Labute approximate surface area is 149 Å². The van der Waals surface area contributed by atoms with Crippen LogP contribution in [0.2, 0.25) is 0 Å². The lowest BCUT2D eigenvalue weighted by molar-refractivity contribution is -0.150. The quantitative estimate of drug-likeness (QED) is 0.735. The Balaban J connectivity index is 1.39. The van der Waals surface area contributed by atoms with Crippen LogP contribution in [0, 0.1) is 5.41 Å². The highest BCUT2D eigenvalue weighted by Crippen LogP contribution is 2.39. The summed E-state index contributed by atoms with van der Waals surface area (Å²) in [6.45, 7) is 5.88. The molecule has 1 N–H and O–H groups in total.